The van der Waals surface area contributed by atoms with Crippen LogP contribution in [0.5, 0.6) is 0 Å². The van der Waals surface area contributed by atoms with Crippen molar-refractivity contribution in [1.29, 1.82) is 0 Å². The second-order valence-corrected chi connectivity index (χ2v) is 4.31. The standard InChI is InChI=1S/C10H16N2O2/c1-6-8(7(13)5-11)14-9(12-6)10(2,3)4/h5,11H2,1-4H3. The van der Waals surface area contributed by atoms with Gasteiger partial charge in [-0.15, -0.1) is 0 Å². The molecule has 2 N–H and O–H groups in total. The number of nitrogens with zero attached hydrogens (tertiary/aromatic N) is 1. The van der Waals surface area contributed by atoms with E-state index in [0.717, 1.165) is 0 Å². The fourth-order valence-corrected chi connectivity index (χ4v) is 1.07. The quantitative estimate of drug-likeness (QED) is 0.726. The Morgan fingerprint density at radius 2 is 2.07 bits per heavy atom. The fourth-order valence-electron chi connectivity index (χ4n) is 1.07. The average Bonchev–Trinajstić information content (AvgIpc) is 2.45. The van der Waals surface area contributed by atoms with Crippen LogP contribution >= 0.6 is 0 Å². The van der Waals surface area contributed by atoms with E-state index in [4.69, 9.17) is 10.2 Å². The summed E-state index contributed by atoms with van der Waals surface area (Å²) < 4.78 is 5.39. The smallest absolute Gasteiger partial charge is 0.213 e. The highest BCUT2D eigenvalue weighted by Crippen LogP contribution is 2.23. The summed E-state index contributed by atoms with van der Waals surface area (Å²) in [4.78, 5) is 15.5. The summed E-state index contributed by atoms with van der Waals surface area (Å²) in [5, 5.41) is 0. The molecule has 0 bridgehead atoms. The number of carbonyl (C=O) groups excluding carboxylic acids is 1. The number of nitrogens with two attached hydrogens (primary N) is 1. The molecule has 0 aliphatic carbocycles. The van der Waals surface area contributed by atoms with Gasteiger partial charge in [0.05, 0.1) is 12.2 Å². The van der Waals surface area contributed by atoms with Crippen molar-refractivity contribution >= 4 is 5.78 Å². The predicted octanol–water partition coefficient (Wildman–Crippen LogP) is 1.42. The Kier molecular flexibility index (Phi) is 2.76. The zero-order valence-corrected chi connectivity index (χ0v) is 9.05. The van der Waals surface area contributed by atoms with Gasteiger partial charge in [-0.2, -0.15) is 0 Å². The zero-order chi connectivity index (χ0) is 10.9. The molecule has 4 heteroatoms. The van der Waals surface area contributed by atoms with Crippen LogP contribution < -0.4 is 5.73 Å². The Bertz CT molecular complexity index is 347. The lowest BCUT2D eigenvalue weighted by Crippen LogP contribution is -2.14. The number of carbonyl (C=O) groups is 1. The summed E-state index contributed by atoms with van der Waals surface area (Å²) in [7, 11) is 0. The Morgan fingerprint density at radius 1 is 1.50 bits per heavy atom. The van der Waals surface area contributed by atoms with E-state index in [0.29, 0.717) is 11.6 Å². The number of aromatic nitrogens is 1. The normalized spacial score (nSPS) is 11.8. The first kappa shape index (κ1) is 10.9. The van der Waals surface area contributed by atoms with E-state index in [1.807, 2.05) is 20.8 Å². The molecule has 0 aromatic carbocycles. The van der Waals surface area contributed by atoms with E-state index < -0.39 is 0 Å². The van der Waals surface area contributed by atoms with Crippen LogP contribution in [0.2, 0.25) is 0 Å². The number of aryl methyl sites for hydroxylation is 1. The monoisotopic (exact) mass is 196 g/mol. The first-order chi connectivity index (χ1) is 6.36. The van der Waals surface area contributed by atoms with E-state index in [1.165, 1.54) is 0 Å². The highest BCUT2D eigenvalue weighted by Gasteiger charge is 2.24. The molecule has 0 fully saturated rings. The molecule has 0 radical (unpaired) electrons. The topological polar surface area (TPSA) is 69.1 Å². The van der Waals surface area contributed by atoms with Crippen molar-refractivity contribution in [3.63, 3.8) is 0 Å². The molecule has 0 saturated carbocycles. The molecular weight excluding hydrogens is 180 g/mol. The largest absolute Gasteiger partial charge is 0.437 e. The van der Waals surface area contributed by atoms with Gasteiger partial charge in [-0.3, -0.25) is 4.79 Å². The maximum atomic E-state index is 11.3. The number of rotatable bonds is 2. The highest BCUT2D eigenvalue weighted by atomic mass is 16.4. The maximum absolute atomic E-state index is 11.3. The molecule has 0 spiro atoms. The molecule has 1 heterocycles. The second kappa shape index (κ2) is 3.53. The van der Waals surface area contributed by atoms with Crippen LogP contribution in [0.1, 0.15) is 42.9 Å². The first-order valence-corrected chi connectivity index (χ1v) is 4.57. The van der Waals surface area contributed by atoms with Crippen LogP contribution in [0.25, 0.3) is 0 Å². The van der Waals surface area contributed by atoms with Gasteiger partial charge in [0.2, 0.25) is 11.7 Å². The van der Waals surface area contributed by atoms with Crippen LogP contribution in [0.3, 0.4) is 0 Å². The van der Waals surface area contributed by atoms with Crippen molar-refractivity contribution in [3.8, 4) is 0 Å². The summed E-state index contributed by atoms with van der Waals surface area (Å²) >= 11 is 0. The molecule has 1 aromatic heterocycles. The SMILES string of the molecule is Cc1nc(C(C)(C)C)oc1C(=O)CN. The van der Waals surface area contributed by atoms with Crippen molar-refractivity contribution in [2.45, 2.75) is 33.1 Å². The molecule has 0 amide bonds. The van der Waals surface area contributed by atoms with Crippen LogP contribution in [0.15, 0.2) is 4.42 Å². The predicted molar refractivity (Wildman–Crippen MR) is 53.3 cm³/mol. The van der Waals surface area contributed by atoms with Crippen molar-refractivity contribution in [2.75, 3.05) is 6.54 Å². The van der Waals surface area contributed by atoms with Crippen LogP contribution in [-0.4, -0.2) is 17.3 Å². The van der Waals surface area contributed by atoms with E-state index in [1.54, 1.807) is 6.92 Å². The lowest BCUT2D eigenvalue weighted by molar-refractivity contribution is 0.0971. The summed E-state index contributed by atoms with van der Waals surface area (Å²) in [6, 6.07) is 0. The van der Waals surface area contributed by atoms with Crippen molar-refractivity contribution in [2.24, 2.45) is 5.73 Å². The molecule has 1 aromatic rings. The minimum atomic E-state index is -0.203. The Balaban J connectivity index is 3.12. The van der Waals surface area contributed by atoms with Gasteiger partial charge in [-0.25, -0.2) is 4.98 Å². The highest BCUT2D eigenvalue weighted by molar-refractivity contribution is 5.95. The molecule has 78 valence electrons. The van der Waals surface area contributed by atoms with E-state index in [-0.39, 0.29) is 23.5 Å². The summed E-state index contributed by atoms with van der Waals surface area (Å²) in [5.74, 6) is 0.662. The van der Waals surface area contributed by atoms with Gasteiger partial charge < -0.3 is 10.2 Å². The number of ketones is 1. The minimum Gasteiger partial charge on any atom is -0.437 e. The van der Waals surface area contributed by atoms with Crippen LogP contribution in [0.4, 0.5) is 0 Å². The number of hydrogen-bond donors (Lipinski definition) is 1. The molecule has 0 unspecified atom stereocenters. The summed E-state index contributed by atoms with van der Waals surface area (Å²) in [6.07, 6.45) is 0. The molecule has 0 aliphatic heterocycles. The van der Waals surface area contributed by atoms with Gasteiger partial charge in [0.1, 0.15) is 0 Å². The van der Waals surface area contributed by atoms with Crippen molar-refractivity contribution < 1.29 is 9.21 Å². The van der Waals surface area contributed by atoms with Crippen molar-refractivity contribution in [3.05, 3.63) is 17.3 Å². The Morgan fingerprint density at radius 3 is 2.43 bits per heavy atom. The van der Waals surface area contributed by atoms with Gasteiger partial charge in [-0.05, 0) is 6.92 Å². The minimum absolute atomic E-state index is 0.0420. The molecular formula is C10H16N2O2. The Hall–Kier alpha value is -1.16. The van der Waals surface area contributed by atoms with Gasteiger partial charge in [0.15, 0.2) is 5.76 Å². The zero-order valence-electron chi connectivity index (χ0n) is 9.05. The maximum Gasteiger partial charge on any atom is 0.213 e. The number of Topliss-reactive ketones (excluding diaryl/α,β-unsaturated/α-hetero) is 1. The summed E-state index contributed by atoms with van der Waals surface area (Å²) in [5.41, 5.74) is 5.69. The molecule has 0 atom stereocenters. The first-order valence-electron chi connectivity index (χ1n) is 4.57. The van der Waals surface area contributed by atoms with Gasteiger partial charge in [-0.1, -0.05) is 20.8 Å². The molecule has 0 aliphatic rings. The third-order valence-corrected chi connectivity index (χ3v) is 1.88. The molecule has 1 rings (SSSR count). The second-order valence-electron chi connectivity index (χ2n) is 4.31. The van der Waals surface area contributed by atoms with E-state index >= 15 is 0 Å². The van der Waals surface area contributed by atoms with Gasteiger partial charge in [0.25, 0.3) is 0 Å². The lowest BCUT2D eigenvalue weighted by atomic mass is 9.97. The summed E-state index contributed by atoms with van der Waals surface area (Å²) in [6.45, 7) is 7.65. The lowest BCUT2D eigenvalue weighted by Gasteiger charge is -2.11. The third kappa shape index (κ3) is 2.01. The number of hydrogen-bond acceptors (Lipinski definition) is 4. The fraction of sp³-hybridized carbons (Fsp3) is 0.600. The Labute approximate surface area is 83.5 Å². The molecule has 4 nitrogen and oxygen atoms in total. The average molecular weight is 196 g/mol. The molecule has 14 heavy (non-hydrogen) atoms. The van der Waals surface area contributed by atoms with E-state index in [2.05, 4.69) is 4.98 Å². The van der Waals surface area contributed by atoms with Crippen LogP contribution in [-0.2, 0) is 5.41 Å². The van der Waals surface area contributed by atoms with Crippen molar-refractivity contribution in [1.82, 2.24) is 4.98 Å². The third-order valence-electron chi connectivity index (χ3n) is 1.88. The van der Waals surface area contributed by atoms with Gasteiger partial charge in [0, 0.05) is 5.41 Å². The molecule has 0 saturated heterocycles. The van der Waals surface area contributed by atoms with Crippen LogP contribution in [0, 0.1) is 6.92 Å². The number of oxazole rings is 1. The van der Waals surface area contributed by atoms with E-state index in [9.17, 15) is 4.79 Å². The van der Waals surface area contributed by atoms with Gasteiger partial charge >= 0.3 is 0 Å².